The summed E-state index contributed by atoms with van der Waals surface area (Å²) in [4.78, 5) is 11.2. The van der Waals surface area contributed by atoms with Gasteiger partial charge in [0.25, 0.3) is 0 Å². The molecule has 32 heavy (non-hydrogen) atoms. The summed E-state index contributed by atoms with van der Waals surface area (Å²) in [5, 5.41) is 6.83. The number of nitrogens with one attached hydrogen (secondary N) is 2. The average Bonchev–Trinajstić information content (AvgIpc) is 2.82. The first-order chi connectivity index (χ1) is 15.6. The van der Waals surface area contributed by atoms with Gasteiger partial charge in [-0.05, 0) is 64.0 Å². The van der Waals surface area contributed by atoms with Crippen molar-refractivity contribution in [1.29, 1.82) is 0 Å². The summed E-state index contributed by atoms with van der Waals surface area (Å²) in [6.45, 7) is 13.2. The average molecular weight is 442 g/mol. The summed E-state index contributed by atoms with van der Waals surface area (Å²) >= 11 is 0. The van der Waals surface area contributed by atoms with Crippen molar-refractivity contribution in [2.45, 2.75) is 53.1 Å². The van der Waals surface area contributed by atoms with Gasteiger partial charge in [-0.1, -0.05) is 32.0 Å². The molecule has 0 aliphatic rings. The molecular formula is C25H39N5O2. The van der Waals surface area contributed by atoms with Crippen LogP contribution in [0.3, 0.4) is 0 Å². The van der Waals surface area contributed by atoms with Crippen molar-refractivity contribution in [3.05, 3.63) is 48.2 Å². The van der Waals surface area contributed by atoms with Crippen molar-refractivity contribution in [1.82, 2.24) is 20.5 Å². The number of aromatic nitrogens is 1. The molecule has 0 aliphatic carbocycles. The van der Waals surface area contributed by atoms with Crippen LogP contribution in [0.5, 0.6) is 17.4 Å². The molecule has 1 atom stereocenters. The quantitative estimate of drug-likeness (QED) is 0.354. The number of benzene rings is 1. The van der Waals surface area contributed by atoms with Crippen molar-refractivity contribution in [3.63, 3.8) is 0 Å². The number of nitrogens with zero attached hydrogens (tertiary/aromatic N) is 3. The Kier molecular flexibility index (Phi) is 11.4. The van der Waals surface area contributed by atoms with Crippen LogP contribution < -0.4 is 20.1 Å². The molecule has 1 aromatic carbocycles. The molecule has 1 heterocycles. The molecule has 0 aliphatic heterocycles. The molecule has 2 rings (SSSR count). The van der Waals surface area contributed by atoms with Crippen LogP contribution in [0.1, 0.15) is 46.1 Å². The monoisotopic (exact) mass is 441 g/mol. The van der Waals surface area contributed by atoms with E-state index in [0.29, 0.717) is 36.6 Å². The Morgan fingerprint density at radius 1 is 1.09 bits per heavy atom. The second-order valence-electron chi connectivity index (χ2n) is 7.63. The Hall–Kier alpha value is -2.80. The molecule has 0 radical (unpaired) electrons. The SMILES string of the molecule is CCOc1ccccc1Oc1ccc(CNC(=NC)NC(C)CCCN(CC)CC)cn1. The van der Waals surface area contributed by atoms with Gasteiger partial charge in [-0.25, -0.2) is 4.98 Å². The summed E-state index contributed by atoms with van der Waals surface area (Å²) in [5.41, 5.74) is 1.05. The lowest BCUT2D eigenvalue weighted by atomic mass is 10.2. The van der Waals surface area contributed by atoms with Crippen LogP contribution in [-0.4, -0.2) is 55.2 Å². The van der Waals surface area contributed by atoms with Crippen LogP contribution in [0, 0.1) is 0 Å². The summed E-state index contributed by atoms with van der Waals surface area (Å²) in [7, 11) is 1.79. The summed E-state index contributed by atoms with van der Waals surface area (Å²) in [6, 6.07) is 11.8. The Balaban J connectivity index is 1.80. The lowest BCUT2D eigenvalue weighted by molar-refractivity contribution is 0.292. The van der Waals surface area contributed by atoms with Crippen LogP contribution in [0.4, 0.5) is 0 Å². The van der Waals surface area contributed by atoms with Crippen LogP contribution >= 0.6 is 0 Å². The molecule has 2 N–H and O–H groups in total. The highest BCUT2D eigenvalue weighted by atomic mass is 16.5. The molecule has 7 nitrogen and oxygen atoms in total. The Morgan fingerprint density at radius 2 is 1.84 bits per heavy atom. The van der Waals surface area contributed by atoms with Gasteiger partial charge in [0.2, 0.25) is 5.88 Å². The molecule has 0 bridgehead atoms. The molecule has 0 spiro atoms. The highest BCUT2D eigenvalue weighted by molar-refractivity contribution is 5.79. The second kappa shape index (κ2) is 14.3. The predicted octanol–water partition coefficient (Wildman–Crippen LogP) is 4.45. The standard InChI is InChI=1S/C25H39N5O2/c1-6-30(7-2)17-11-12-20(4)29-25(26-5)28-19-21-15-16-24(27-18-21)32-23-14-10-9-13-22(23)31-8-3/h9-10,13-16,18,20H,6-8,11-12,17,19H2,1-5H3,(H2,26,28,29). The largest absolute Gasteiger partial charge is 0.490 e. The zero-order valence-corrected chi connectivity index (χ0v) is 20.2. The predicted molar refractivity (Wildman–Crippen MR) is 132 cm³/mol. The van der Waals surface area contributed by atoms with Crippen LogP contribution in [0.15, 0.2) is 47.6 Å². The smallest absolute Gasteiger partial charge is 0.219 e. The molecule has 0 fully saturated rings. The van der Waals surface area contributed by atoms with Crippen molar-refractivity contribution in [2.24, 2.45) is 4.99 Å². The van der Waals surface area contributed by atoms with Crippen LogP contribution in [0.2, 0.25) is 0 Å². The zero-order chi connectivity index (χ0) is 23.2. The van der Waals surface area contributed by atoms with Gasteiger partial charge < -0.3 is 25.0 Å². The minimum Gasteiger partial charge on any atom is -0.490 e. The van der Waals surface area contributed by atoms with E-state index < -0.39 is 0 Å². The fraction of sp³-hybridized carbons (Fsp3) is 0.520. The summed E-state index contributed by atoms with van der Waals surface area (Å²) < 4.78 is 11.5. The maximum atomic E-state index is 5.89. The number of hydrogen-bond acceptors (Lipinski definition) is 5. The van der Waals surface area contributed by atoms with Gasteiger partial charge in [-0.15, -0.1) is 0 Å². The van der Waals surface area contributed by atoms with E-state index in [4.69, 9.17) is 9.47 Å². The topological polar surface area (TPSA) is 71.0 Å². The summed E-state index contributed by atoms with van der Waals surface area (Å²) in [6.07, 6.45) is 4.09. The van der Waals surface area contributed by atoms with Crippen molar-refractivity contribution in [2.75, 3.05) is 33.3 Å². The highest BCUT2D eigenvalue weighted by Crippen LogP contribution is 2.30. The molecule has 176 valence electrons. The third kappa shape index (κ3) is 8.75. The lowest BCUT2D eigenvalue weighted by Gasteiger charge is -2.21. The van der Waals surface area contributed by atoms with E-state index in [0.717, 1.165) is 37.6 Å². The van der Waals surface area contributed by atoms with E-state index in [2.05, 4.69) is 46.3 Å². The van der Waals surface area contributed by atoms with Crippen LogP contribution in [-0.2, 0) is 6.54 Å². The van der Waals surface area contributed by atoms with Crippen molar-refractivity contribution >= 4 is 5.96 Å². The maximum absolute atomic E-state index is 5.89. The van der Waals surface area contributed by atoms with Crippen molar-refractivity contribution in [3.8, 4) is 17.4 Å². The van der Waals surface area contributed by atoms with E-state index in [1.54, 1.807) is 7.05 Å². The number of para-hydroxylation sites is 2. The van der Waals surface area contributed by atoms with E-state index in [1.807, 2.05) is 49.5 Å². The molecule has 2 aromatic rings. The van der Waals surface area contributed by atoms with E-state index in [9.17, 15) is 0 Å². The zero-order valence-electron chi connectivity index (χ0n) is 20.2. The lowest BCUT2D eigenvalue weighted by Crippen LogP contribution is -2.42. The fourth-order valence-corrected chi connectivity index (χ4v) is 3.34. The van der Waals surface area contributed by atoms with Gasteiger partial charge in [-0.2, -0.15) is 0 Å². The Morgan fingerprint density at radius 3 is 2.47 bits per heavy atom. The first-order valence-electron chi connectivity index (χ1n) is 11.6. The van der Waals surface area contributed by atoms with Gasteiger partial charge in [-0.3, -0.25) is 4.99 Å². The van der Waals surface area contributed by atoms with Gasteiger partial charge in [0.05, 0.1) is 6.61 Å². The Labute approximate surface area is 193 Å². The minimum absolute atomic E-state index is 0.357. The van der Waals surface area contributed by atoms with E-state index >= 15 is 0 Å². The first kappa shape index (κ1) is 25.5. The fourth-order valence-electron chi connectivity index (χ4n) is 3.34. The number of aliphatic imine (C=N–C) groups is 1. The molecule has 1 unspecified atom stereocenters. The van der Waals surface area contributed by atoms with Crippen LogP contribution in [0.25, 0.3) is 0 Å². The number of rotatable bonds is 13. The summed E-state index contributed by atoms with van der Waals surface area (Å²) in [5.74, 6) is 2.70. The third-order valence-corrected chi connectivity index (χ3v) is 5.23. The molecule has 0 saturated carbocycles. The molecular weight excluding hydrogens is 402 g/mol. The van der Waals surface area contributed by atoms with Gasteiger partial charge in [0.1, 0.15) is 0 Å². The third-order valence-electron chi connectivity index (χ3n) is 5.23. The molecule has 1 aromatic heterocycles. The van der Waals surface area contributed by atoms with Gasteiger partial charge >= 0.3 is 0 Å². The van der Waals surface area contributed by atoms with Crippen molar-refractivity contribution < 1.29 is 9.47 Å². The first-order valence-corrected chi connectivity index (χ1v) is 11.6. The van der Waals surface area contributed by atoms with Gasteiger partial charge in [0.15, 0.2) is 17.5 Å². The Bertz CT molecular complexity index is 806. The highest BCUT2D eigenvalue weighted by Gasteiger charge is 2.08. The van der Waals surface area contributed by atoms with E-state index in [1.165, 1.54) is 6.42 Å². The number of ether oxygens (including phenoxy) is 2. The number of hydrogen-bond donors (Lipinski definition) is 2. The minimum atomic E-state index is 0.357. The van der Waals surface area contributed by atoms with E-state index in [-0.39, 0.29) is 0 Å². The number of pyridine rings is 1. The number of guanidine groups is 1. The second-order valence-corrected chi connectivity index (χ2v) is 7.63. The maximum Gasteiger partial charge on any atom is 0.219 e. The molecule has 0 saturated heterocycles. The normalized spacial score (nSPS) is 12.5. The van der Waals surface area contributed by atoms with Gasteiger partial charge in [0, 0.05) is 31.9 Å². The molecule has 0 amide bonds. The molecule has 7 heteroatoms.